The van der Waals surface area contributed by atoms with Gasteiger partial charge in [-0.05, 0) is 40.1 Å². The highest BCUT2D eigenvalue weighted by atomic mass is 32.2. The van der Waals surface area contributed by atoms with E-state index < -0.39 is 10.0 Å². The molecule has 0 unspecified atom stereocenters. The molecular weight excluding hydrogens is 276 g/mol. The second-order valence-corrected chi connectivity index (χ2v) is 7.19. The number of nitrogens with two attached hydrogens (primary N) is 1. The van der Waals surface area contributed by atoms with Gasteiger partial charge in [0.15, 0.2) is 0 Å². The topological polar surface area (TPSA) is 71.6 Å². The van der Waals surface area contributed by atoms with Gasteiger partial charge in [0.25, 0.3) is 0 Å². The molecule has 0 radical (unpaired) electrons. The van der Waals surface area contributed by atoms with Crippen molar-refractivity contribution in [1.82, 2.24) is 13.8 Å². The fourth-order valence-electron chi connectivity index (χ4n) is 2.04. The van der Waals surface area contributed by atoms with E-state index in [-0.39, 0.29) is 0 Å². The van der Waals surface area contributed by atoms with E-state index in [1.54, 1.807) is 19.3 Å². The maximum atomic E-state index is 12.5. The van der Waals surface area contributed by atoms with Gasteiger partial charge < -0.3 is 15.2 Å². The summed E-state index contributed by atoms with van der Waals surface area (Å²) in [7, 11) is 2.15. The van der Waals surface area contributed by atoms with Crippen LogP contribution in [0.15, 0.2) is 17.2 Å². The van der Waals surface area contributed by atoms with E-state index in [0.29, 0.717) is 24.5 Å². The maximum Gasteiger partial charge on any atom is 0.244 e. The molecule has 20 heavy (non-hydrogen) atoms. The first kappa shape index (κ1) is 17.2. The second-order valence-electron chi connectivity index (χ2n) is 5.14. The number of aromatic nitrogens is 1. The number of aryl methyl sites for hydroxylation is 1. The maximum absolute atomic E-state index is 12.5. The quantitative estimate of drug-likeness (QED) is 0.761. The Hall–Kier alpha value is -0.890. The van der Waals surface area contributed by atoms with E-state index in [1.807, 2.05) is 30.5 Å². The minimum atomic E-state index is -3.42. The number of sulfonamides is 1. The molecule has 0 spiro atoms. The summed E-state index contributed by atoms with van der Waals surface area (Å²) in [5.41, 5.74) is 6.48. The summed E-state index contributed by atoms with van der Waals surface area (Å²) in [6.07, 6.45) is 2.47. The Morgan fingerprint density at radius 3 is 2.35 bits per heavy atom. The largest absolute Gasteiger partial charge is 0.349 e. The molecule has 6 nitrogen and oxygen atoms in total. The van der Waals surface area contributed by atoms with Crippen LogP contribution in [0.1, 0.15) is 19.0 Å². The summed E-state index contributed by atoms with van der Waals surface area (Å²) in [4.78, 5) is 2.37. The van der Waals surface area contributed by atoms with Crippen molar-refractivity contribution < 1.29 is 8.42 Å². The lowest BCUT2D eigenvalue weighted by Crippen LogP contribution is -2.29. The Bertz CT molecular complexity index is 501. The smallest absolute Gasteiger partial charge is 0.244 e. The molecule has 116 valence electrons. The number of hydrogen-bond acceptors (Lipinski definition) is 4. The molecule has 1 aromatic rings. The summed E-state index contributed by atoms with van der Waals surface area (Å²) in [5, 5.41) is 0. The predicted molar refractivity (Wildman–Crippen MR) is 81.0 cm³/mol. The molecule has 0 aromatic carbocycles. The molecular formula is C13H26N4O2S. The number of nitrogens with zero attached hydrogens (tertiary/aromatic N) is 3. The molecule has 0 bridgehead atoms. The summed E-state index contributed by atoms with van der Waals surface area (Å²) in [6.45, 7) is 4.40. The molecule has 7 heteroatoms. The third-order valence-electron chi connectivity index (χ3n) is 3.30. The molecule has 0 atom stereocenters. The van der Waals surface area contributed by atoms with Crippen LogP contribution < -0.4 is 5.73 Å². The van der Waals surface area contributed by atoms with E-state index >= 15 is 0 Å². The van der Waals surface area contributed by atoms with Gasteiger partial charge in [0.2, 0.25) is 10.0 Å². The lowest BCUT2D eigenvalue weighted by Gasteiger charge is -2.17. The lowest BCUT2D eigenvalue weighted by atomic mass is 10.4. The first-order valence-corrected chi connectivity index (χ1v) is 8.27. The Kier molecular flexibility index (Phi) is 6.19. The number of rotatable bonds is 8. The van der Waals surface area contributed by atoms with Crippen LogP contribution in [0.5, 0.6) is 0 Å². The van der Waals surface area contributed by atoms with Gasteiger partial charge in [-0.2, -0.15) is 0 Å². The third-order valence-corrected chi connectivity index (χ3v) is 5.12. The van der Waals surface area contributed by atoms with Gasteiger partial charge in [-0.15, -0.1) is 0 Å². The van der Waals surface area contributed by atoms with Crippen LogP contribution in [0.4, 0.5) is 0 Å². The van der Waals surface area contributed by atoms with Crippen molar-refractivity contribution in [3.8, 4) is 0 Å². The van der Waals surface area contributed by atoms with Gasteiger partial charge in [-0.1, -0.05) is 0 Å². The highest BCUT2D eigenvalue weighted by Gasteiger charge is 2.22. The average Bonchev–Trinajstić information content (AvgIpc) is 2.81. The zero-order chi connectivity index (χ0) is 15.3. The van der Waals surface area contributed by atoms with E-state index in [4.69, 9.17) is 5.73 Å². The highest BCUT2D eigenvalue weighted by Crippen LogP contribution is 2.18. The monoisotopic (exact) mass is 302 g/mol. The zero-order valence-electron chi connectivity index (χ0n) is 12.8. The molecule has 0 saturated carbocycles. The third kappa shape index (κ3) is 4.05. The van der Waals surface area contributed by atoms with Crippen LogP contribution in [0, 0.1) is 0 Å². The van der Waals surface area contributed by atoms with Crippen molar-refractivity contribution in [2.45, 2.75) is 31.3 Å². The van der Waals surface area contributed by atoms with Crippen molar-refractivity contribution >= 4 is 10.0 Å². The van der Waals surface area contributed by atoms with Crippen LogP contribution in [0.3, 0.4) is 0 Å². The van der Waals surface area contributed by atoms with Crippen LogP contribution in [0.2, 0.25) is 0 Å². The summed E-state index contributed by atoms with van der Waals surface area (Å²) < 4.78 is 28.2. The first-order chi connectivity index (χ1) is 9.32. The normalized spacial score (nSPS) is 12.6. The van der Waals surface area contributed by atoms with Crippen molar-refractivity contribution in [2.75, 3.05) is 34.2 Å². The van der Waals surface area contributed by atoms with E-state index in [0.717, 1.165) is 18.7 Å². The number of hydrogen-bond donors (Lipinski definition) is 1. The van der Waals surface area contributed by atoms with Crippen LogP contribution in [0.25, 0.3) is 0 Å². The van der Waals surface area contributed by atoms with E-state index in [2.05, 4.69) is 0 Å². The average molecular weight is 302 g/mol. The fraction of sp³-hybridized carbons (Fsp3) is 0.692. The first-order valence-electron chi connectivity index (χ1n) is 6.83. The Morgan fingerprint density at radius 1 is 1.25 bits per heavy atom. The Morgan fingerprint density at radius 2 is 1.90 bits per heavy atom. The van der Waals surface area contributed by atoms with Crippen molar-refractivity contribution in [3.05, 3.63) is 18.0 Å². The molecule has 0 aliphatic rings. The minimum absolute atomic E-state index is 0.326. The van der Waals surface area contributed by atoms with Crippen molar-refractivity contribution in [2.24, 2.45) is 5.73 Å². The molecule has 2 N–H and O–H groups in total. The molecule has 0 aliphatic heterocycles. The predicted octanol–water partition coefficient (Wildman–Crippen LogP) is 0.539. The molecule has 1 aromatic heterocycles. The van der Waals surface area contributed by atoms with Crippen molar-refractivity contribution in [1.29, 1.82) is 0 Å². The van der Waals surface area contributed by atoms with Gasteiger partial charge in [0, 0.05) is 38.6 Å². The SMILES string of the molecule is CCn1cc(S(=O)(=O)N(C)CCCN(C)C)cc1CN. The summed E-state index contributed by atoms with van der Waals surface area (Å²) in [5.74, 6) is 0. The molecule has 1 rings (SSSR count). The fourth-order valence-corrected chi connectivity index (χ4v) is 3.32. The zero-order valence-corrected chi connectivity index (χ0v) is 13.7. The standard InChI is InChI=1S/C13H26N4O2S/c1-5-17-11-13(9-12(17)10-14)20(18,19)16(4)8-6-7-15(2)3/h9,11H,5-8,10,14H2,1-4H3. The van der Waals surface area contributed by atoms with Crippen LogP contribution >= 0.6 is 0 Å². The molecule has 0 fully saturated rings. The Labute approximate surface area is 122 Å². The van der Waals surface area contributed by atoms with Gasteiger partial charge in [-0.25, -0.2) is 12.7 Å². The highest BCUT2D eigenvalue weighted by molar-refractivity contribution is 7.89. The van der Waals surface area contributed by atoms with Gasteiger partial charge >= 0.3 is 0 Å². The summed E-state index contributed by atoms with van der Waals surface area (Å²) >= 11 is 0. The summed E-state index contributed by atoms with van der Waals surface area (Å²) in [6, 6.07) is 1.67. The van der Waals surface area contributed by atoms with Crippen LogP contribution in [-0.4, -0.2) is 56.4 Å². The minimum Gasteiger partial charge on any atom is -0.349 e. The van der Waals surface area contributed by atoms with E-state index in [9.17, 15) is 8.42 Å². The Balaban J connectivity index is 2.84. The molecule has 0 amide bonds. The molecule has 0 aliphatic carbocycles. The van der Waals surface area contributed by atoms with Crippen molar-refractivity contribution in [3.63, 3.8) is 0 Å². The van der Waals surface area contributed by atoms with Gasteiger partial charge in [0.1, 0.15) is 4.90 Å². The molecule has 0 saturated heterocycles. The van der Waals surface area contributed by atoms with Gasteiger partial charge in [0.05, 0.1) is 0 Å². The van der Waals surface area contributed by atoms with Crippen LogP contribution in [-0.2, 0) is 23.1 Å². The lowest BCUT2D eigenvalue weighted by molar-refractivity contribution is 0.370. The van der Waals surface area contributed by atoms with E-state index in [1.165, 1.54) is 4.31 Å². The second kappa shape index (κ2) is 7.21. The van der Waals surface area contributed by atoms with Gasteiger partial charge in [-0.3, -0.25) is 0 Å². The molecule has 1 heterocycles.